The molecule has 5 N–H and O–H groups in total. The fourth-order valence-corrected chi connectivity index (χ4v) is 3.13. The summed E-state index contributed by atoms with van der Waals surface area (Å²) in [5.41, 5.74) is 10.4. The zero-order valence-corrected chi connectivity index (χ0v) is 17.1. The minimum absolute atomic E-state index is 0.220. The van der Waals surface area contributed by atoms with Gasteiger partial charge in [-0.05, 0) is 65.2 Å². The Labute approximate surface area is 184 Å². The minimum Gasteiger partial charge on any atom is -0.396 e. The second-order valence-corrected chi connectivity index (χ2v) is 7.04. The zero-order valence-electron chi connectivity index (χ0n) is 17.1. The minimum atomic E-state index is -0.288. The van der Waals surface area contributed by atoms with Gasteiger partial charge in [0.05, 0.1) is 5.69 Å². The van der Waals surface area contributed by atoms with Crippen LogP contribution in [0.15, 0.2) is 96.1 Å². The fraction of sp³-hybridized carbons (Fsp3) is 0. The van der Waals surface area contributed by atoms with Crippen LogP contribution in [0.2, 0.25) is 0 Å². The second-order valence-electron chi connectivity index (χ2n) is 7.04. The van der Waals surface area contributed by atoms with Crippen LogP contribution in [0.4, 0.5) is 22.9 Å². The van der Waals surface area contributed by atoms with Crippen LogP contribution in [-0.2, 0) is 4.79 Å². The third-order valence-corrected chi connectivity index (χ3v) is 4.65. The van der Waals surface area contributed by atoms with Crippen LogP contribution in [0, 0.1) is 0 Å². The van der Waals surface area contributed by atoms with Crippen molar-refractivity contribution < 1.29 is 4.79 Å². The van der Waals surface area contributed by atoms with Crippen LogP contribution in [-0.4, -0.2) is 15.9 Å². The number of nitrogens with one attached hydrogen (secondary N) is 3. The molecule has 4 aromatic rings. The molecule has 32 heavy (non-hydrogen) atoms. The van der Waals surface area contributed by atoms with E-state index in [1.165, 1.54) is 18.3 Å². The number of nitrogens with zero attached hydrogens (tertiary/aromatic N) is 1. The Morgan fingerprint density at radius 2 is 1.69 bits per heavy atom. The van der Waals surface area contributed by atoms with E-state index in [-0.39, 0.29) is 11.5 Å². The largest absolute Gasteiger partial charge is 0.396 e. The number of aromatic amines is 1. The van der Waals surface area contributed by atoms with Gasteiger partial charge in [-0.15, -0.1) is 0 Å². The number of nitrogen functional groups attached to an aromatic ring is 1. The molecule has 2 aromatic carbocycles. The number of aromatic nitrogens is 2. The molecule has 0 saturated carbocycles. The number of carbonyl (C=O) groups is 1. The Bertz CT molecular complexity index is 1340. The molecule has 1 amide bonds. The summed E-state index contributed by atoms with van der Waals surface area (Å²) in [5, 5.41) is 6.07. The normalized spacial score (nSPS) is 10.8. The highest BCUT2D eigenvalue weighted by Gasteiger charge is 2.05. The van der Waals surface area contributed by atoms with Crippen LogP contribution in [0.25, 0.3) is 17.2 Å². The molecule has 0 aliphatic heterocycles. The first kappa shape index (κ1) is 20.6. The monoisotopic (exact) mass is 423 g/mol. The number of carbonyl (C=O) groups excluding carboxylic acids is 1. The van der Waals surface area contributed by atoms with Gasteiger partial charge in [0.1, 0.15) is 0 Å². The van der Waals surface area contributed by atoms with Crippen molar-refractivity contribution in [2.45, 2.75) is 0 Å². The third-order valence-electron chi connectivity index (χ3n) is 4.65. The average Bonchev–Trinajstić information content (AvgIpc) is 2.80. The van der Waals surface area contributed by atoms with E-state index in [1.807, 2.05) is 48.5 Å². The number of nitrogens with two attached hydrogens (primary N) is 1. The Morgan fingerprint density at radius 1 is 0.938 bits per heavy atom. The van der Waals surface area contributed by atoms with Gasteiger partial charge in [0.2, 0.25) is 11.5 Å². The van der Waals surface area contributed by atoms with Crippen molar-refractivity contribution >= 4 is 34.9 Å². The molecule has 2 aromatic heterocycles. The first-order valence-corrected chi connectivity index (χ1v) is 9.93. The molecule has 0 radical (unpaired) electrons. The number of hydrogen-bond acceptors (Lipinski definition) is 5. The van der Waals surface area contributed by atoms with Crippen molar-refractivity contribution in [1.29, 1.82) is 0 Å². The third kappa shape index (κ3) is 5.28. The summed E-state index contributed by atoms with van der Waals surface area (Å²) in [4.78, 5) is 30.4. The zero-order chi connectivity index (χ0) is 22.3. The van der Waals surface area contributed by atoms with Crippen molar-refractivity contribution in [3.63, 3.8) is 0 Å². The average molecular weight is 423 g/mol. The Kier molecular flexibility index (Phi) is 6.08. The molecule has 7 heteroatoms. The van der Waals surface area contributed by atoms with Gasteiger partial charge in [-0.25, -0.2) is 4.98 Å². The molecule has 158 valence electrons. The summed E-state index contributed by atoms with van der Waals surface area (Å²) in [6.07, 6.45) is 6.20. The molecule has 2 heterocycles. The van der Waals surface area contributed by atoms with E-state index < -0.39 is 0 Å². The molecule has 7 nitrogen and oxygen atoms in total. The highest BCUT2D eigenvalue weighted by atomic mass is 16.1. The number of pyridine rings is 2. The van der Waals surface area contributed by atoms with Crippen LogP contribution < -0.4 is 21.9 Å². The summed E-state index contributed by atoms with van der Waals surface area (Å²) in [6, 6.07) is 22.1. The molecule has 0 aliphatic carbocycles. The maximum atomic E-state index is 12.3. The van der Waals surface area contributed by atoms with E-state index in [9.17, 15) is 9.59 Å². The highest BCUT2D eigenvalue weighted by Crippen LogP contribution is 2.27. The van der Waals surface area contributed by atoms with Gasteiger partial charge >= 0.3 is 0 Å². The summed E-state index contributed by atoms with van der Waals surface area (Å²) in [6.45, 7) is 0. The number of anilines is 4. The molecule has 0 aliphatic rings. The topological polar surface area (TPSA) is 113 Å². The molecule has 4 rings (SSSR count). The number of benzene rings is 2. The van der Waals surface area contributed by atoms with E-state index >= 15 is 0 Å². The predicted octanol–water partition coefficient (Wildman–Crippen LogP) is 4.41. The summed E-state index contributed by atoms with van der Waals surface area (Å²) < 4.78 is 0. The molecule has 0 bridgehead atoms. The van der Waals surface area contributed by atoms with Crippen molar-refractivity contribution in [2.24, 2.45) is 0 Å². The predicted molar refractivity (Wildman–Crippen MR) is 129 cm³/mol. The van der Waals surface area contributed by atoms with E-state index in [2.05, 4.69) is 20.6 Å². The van der Waals surface area contributed by atoms with Crippen molar-refractivity contribution in [1.82, 2.24) is 9.97 Å². The van der Waals surface area contributed by atoms with Gasteiger partial charge in [0, 0.05) is 35.9 Å². The Hall–Kier alpha value is -4.65. The lowest BCUT2D eigenvalue weighted by atomic mass is 10.0. The van der Waals surface area contributed by atoms with E-state index in [1.54, 1.807) is 30.5 Å². The van der Waals surface area contributed by atoms with Gasteiger partial charge in [-0.1, -0.05) is 24.3 Å². The van der Waals surface area contributed by atoms with Gasteiger partial charge in [0.15, 0.2) is 5.82 Å². The summed E-state index contributed by atoms with van der Waals surface area (Å²) in [7, 11) is 0. The van der Waals surface area contributed by atoms with E-state index in [0.29, 0.717) is 22.8 Å². The molecule has 0 atom stereocenters. The standard InChI is InChI=1S/C25H21N5O2/c26-22-8-3-12-28-25(22)30-21-7-2-5-19(16-21)18-4-1-6-20(15-18)29-23(31)10-9-17-11-13-27-24(32)14-17/h1-16H,26H2,(H,27,32)(H,28,30)(H,29,31)/b10-9+. The lowest BCUT2D eigenvalue weighted by Crippen LogP contribution is -2.08. The van der Waals surface area contributed by atoms with Crippen LogP contribution >= 0.6 is 0 Å². The first-order valence-electron chi connectivity index (χ1n) is 9.93. The smallest absolute Gasteiger partial charge is 0.248 e. The van der Waals surface area contributed by atoms with Crippen molar-refractivity contribution in [3.05, 3.63) is 107 Å². The van der Waals surface area contributed by atoms with Crippen LogP contribution in [0.1, 0.15) is 5.56 Å². The highest BCUT2D eigenvalue weighted by molar-refractivity contribution is 6.02. The molecule has 0 spiro atoms. The number of H-pyrrole nitrogens is 1. The Morgan fingerprint density at radius 3 is 2.44 bits per heavy atom. The number of amides is 1. The van der Waals surface area contributed by atoms with Crippen molar-refractivity contribution in [3.8, 4) is 11.1 Å². The second kappa shape index (κ2) is 9.44. The van der Waals surface area contributed by atoms with Gasteiger partial charge in [-0.2, -0.15) is 0 Å². The number of rotatable bonds is 6. The Balaban J connectivity index is 1.48. The van der Waals surface area contributed by atoms with E-state index in [0.717, 1.165) is 16.8 Å². The van der Waals surface area contributed by atoms with Crippen LogP contribution in [0.5, 0.6) is 0 Å². The van der Waals surface area contributed by atoms with Gasteiger partial charge < -0.3 is 21.4 Å². The van der Waals surface area contributed by atoms with Crippen LogP contribution in [0.3, 0.4) is 0 Å². The number of hydrogen-bond donors (Lipinski definition) is 4. The fourth-order valence-electron chi connectivity index (χ4n) is 3.13. The quantitative estimate of drug-likeness (QED) is 0.343. The summed E-state index contributed by atoms with van der Waals surface area (Å²) in [5.74, 6) is 0.307. The molecule has 0 fully saturated rings. The summed E-state index contributed by atoms with van der Waals surface area (Å²) >= 11 is 0. The molecule has 0 unspecified atom stereocenters. The van der Waals surface area contributed by atoms with E-state index in [4.69, 9.17) is 5.73 Å². The van der Waals surface area contributed by atoms with Gasteiger partial charge in [-0.3, -0.25) is 9.59 Å². The molecular weight excluding hydrogens is 402 g/mol. The SMILES string of the molecule is Nc1cccnc1Nc1cccc(-c2cccc(NC(=O)/C=C/c3cc[nH]c(=O)c3)c2)c1. The molecular formula is C25H21N5O2. The lowest BCUT2D eigenvalue weighted by molar-refractivity contribution is -0.111. The lowest BCUT2D eigenvalue weighted by Gasteiger charge is -2.10. The molecule has 0 saturated heterocycles. The maximum Gasteiger partial charge on any atom is 0.248 e. The maximum absolute atomic E-state index is 12.3. The first-order chi connectivity index (χ1) is 15.6. The van der Waals surface area contributed by atoms with Gasteiger partial charge in [0.25, 0.3) is 0 Å². The van der Waals surface area contributed by atoms with Crippen molar-refractivity contribution in [2.75, 3.05) is 16.4 Å².